The van der Waals surface area contributed by atoms with E-state index in [2.05, 4.69) is 13.8 Å². The van der Waals surface area contributed by atoms with E-state index in [1.165, 1.54) is 12.5 Å². The summed E-state index contributed by atoms with van der Waals surface area (Å²) in [5.41, 5.74) is 0.907. The van der Waals surface area contributed by atoms with Gasteiger partial charge in [-0.1, -0.05) is 57.4 Å². The molecule has 0 saturated heterocycles. The molecule has 0 aromatic heterocycles. The Morgan fingerprint density at radius 1 is 0.964 bits per heavy atom. The Balaban J connectivity index is 1.84. The van der Waals surface area contributed by atoms with Crippen LogP contribution in [-0.2, 0) is 6.42 Å². The van der Waals surface area contributed by atoms with Crippen LogP contribution in [0, 0.1) is 17.7 Å². The number of halogens is 3. The third kappa shape index (κ3) is 4.61. The Labute approximate surface area is 166 Å². The molecule has 28 heavy (non-hydrogen) atoms. The highest BCUT2D eigenvalue weighted by Gasteiger charge is 2.27. The second-order valence-corrected chi connectivity index (χ2v) is 8.23. The Morgan fingerprint density at radius 3 is 2.39 bits per heavy atom. The lowest BCUT2D eigenvalue weighted by molar-refractivity contribution is 0.268. The van der Waals surface area contributed by atoms with Gasteiger partial charge in [-0.2, -0.15) is 0 Å². The van der Waals surface area contributed by atoms with E-state index in [9.17, 15) is 13.2 Å². The predicted octanol–water partition coefficient (Wildman–Crippen LogP) is 8.54. The van der Waals surface area contributed by atoms with E-state index >= 15 is 0 Å². The van der Waals surface area contributed by atoms with Crippen molar-refractivity contribution in [1.82, 2.24) is 0 Å². The molecule has 0 spiro atoms. The second kappa shape index (κ2) is 9.62. The van der Waals surface area contributed by atoms with Crippen LogP contribution in [0.5, 0.6) is 0 Å². The number of benzene rings is 2. The van der Waals surface area contributed by atoms with E-state index < -0.39 is 23.4 Å². The highest BCUT2D eigenvalue weighted by atomic mass is 19.2. The van der Waals surface area contributed by atoms with Crippen molar-refractivity contribution in [3.05, 3.63) is 53.1 Å². The van der Waals surface area contributed by atoms with Crippen LogP contribution in [0.2, 0.25) is 0 Å². The predicted molar refractivity (Wildman–Crippen MR) is 112 cm³/mol. The van der Waals surface area contributed by atoms with Crippen molar-refractivity contribution in [3.8, 4) is 0 Å². The average molecular weight is 389 g/mol. The van der Waals surface area contributed by atoms with Crippen molar-refractivity contribution in [3.63, 3.8) is 0 Å². The third-order valence-corrected chi connectivity index (χ3v) is 6.32. The van der Waals surface area contributed by atoms with Crippen LogP contribution < -0.4 is 0 Å². The zero-order valence-electron chi connectivity index (χ0n) is 17.0. The van der Waals surface area contributed by atoms with E-state index in [-0.39, 0.29) is 5.56 Å². The summed E-state index contributed by atoms with van der Waals surface area (Å²) in [5.74, 6) is -2.27. The van der Waals surface area contributed by atoms with Crippen LogP contribution in [0.1, 0.15) is 76.3 Å². The van der Waals surface area contributed by atoms with Crippen LogP contribution >= 0.6 is 0 Å². The monoisotopic (exact) mass is 388 g/mol. The lowest BCUT2D eigenvalue weighted by atomic mass is 9.80. The summed E-state index contributed by atoms with van der Waals surface area (Å²) in [4.78, 5) is 0. The molecule has 152 valence electrons. The minimum Gasteiger partial charge on any atom is -0.208 e. The summed E-state index contributed by atoms with van der Waals surface area (Å²) < 4.78 is 44.5. The summed E-state index contributed by atoms with van der Waals surface area (Å²) in [6.45, 7) is 4.30. The molecule has 0 radical (unpaired) electrons. The minimum absolute atomic E-state index is 0.249. The van der Waals surface area contributed by atoms with Crippen LogP contribution in [0.25, 0.3) is 16.6 Å². The van der Waals surface area contributed by atoms with Gasteiger partial charge in [0.05, 0.1) is 0 Å². The summed E-state index contributed by atoms with van der Waals surface area (Å²) in [7, 11) is 0. The van der Waals surface area contributed by atoms with Crippen molar-refractivity contribution in [2.75, 3.05) is 0 Å². The van der Waals surface area contributed by atoms with Gasteiger partial charge in [-0.25, -0.2) is 13.2 Å². The zero-order valence-corrected chi connectivity index (χ0v) is 17.0. The van der Waals surface area contributed by atoms with Gasteiger partial charge in [0.2, 0.25) is 0 Å². The molecule has 0 N–H and O–H groups in total. The number of fused-ring (bicyclic) bond motifs is 1. The Bertz CT molecular complexity index is 829. The van der Waals surface area contributed by atoms with Gasteiger partial charge in [-0.05, 0) is 61.5 Å². The fraction of sp³-hybridized carbons (Fsp3) is 0.520. The lowest BCUT2D eigenvalue weighted by Crippen LogP contribution is -2.15. The van der Waals surface area contributed by atoms with Crippen molar-refractivity contribution >= 4 is 16.6 Å². The molecule has 2 aromatic rings. The van der Waals surface area contributed by atoms with Crippen molar-refractivity contribution in [2.45, 2.75) is 71.6 Å². The number of hydrogen-bond donors (Lipinski definition) is 0. The molecular weight excluding hydrogens is 357 g/mol. The van der Waals surface area contributed by atoms with Crippen molar-refractivity contribution in [1.29, 1.82) is 0 Å². The maximum absolute atomic E-state index is 15.0. The molecule has 0 amide bonds. The van der Waals surface area contributed by atoms with E-state index in [0.29, 0.717) is 24.1 Å². The molecule has 0 nitrogen and oxygen atoms in total. The molecular formula is C25H31F3. The summed E-state index contributed by atoms with van der Waals surface area (Å²) in [6.07, 6.45) is 8.60. The smallest absolute Gasteiger partial charge is 0.165 e. The normalized spacial score (nSPS) is 21.0. The molecule has 1 aliphatic carbocycles. The number of hydrogen-bond acceptors (Lipinski definition) is 0. The Kier molecular flexibility index (Phi) is 7.20. The SMILES string of the molecule is CCCCCc1ccc2c(F)c(C(F)=C(F)C3CCC(CC)CC3)ccc2c1. The number of aryl methyl sites for hydroxylation is 1. The van der Waals surface area contributed by atoms with Crippen LogP contribution in [0.3, 0.4) is 0 Å². The van der Waals surface area contributed by atoms with Gasteiger partial charge in [0, 0.05) is 16.9 Å². The first-order valence-electron chi connectivity index (χ1n) is 10.8. The number of unbranched alkanes of at least 4 members (excludes halogenated alkanes) is 2. The van der Waals surface area contributed by atoms with Gasteiger partial charge < -0.3 is 0 Å². The minimum atomic E-state index is -1.02. The Morgan fingerprint density at radius 2 is 1.71 bits per heavy atom. The van der Waals surface area contributed by atoms with Crippen molar-refractivity contribution in [2.24, 2.45) is 11.8 Å². The molecule has 0 heterocycles. The average Bonchev–Trinajstić information content (AvgIpc) is 2.73. The van der Waals surface area contributed by atoms with Gasteiger partial charge in [-0.3, -0.25) is 0 Å². The molecule has 1 fully saturated rings. The number of allylic oxidation sites excluding steroid dienone is 1. The van der Waals surface area contributed by atoms with Gasteiger partial charge in [0.1, 0.15) is 11.6 Å². The highest BCUT2D eigenvalue weighted by molar-refractivity contribution is 5.87. The number of rotatable bonds is 7. The molecule has 0 unspecified atom stereocenters. The standard InChI is InChI=1S/C25H31F3/c1-3-5-6-7-18-10-14-21-20(16-18)13-15-22(24(21)27)25(28)23(26)19-11-8-17(4-2)9-12-19/h10,13-17,19H,3-9,11-12H2,1-2H3. The molecule has 3 heteroatoms. The van der Waals surface area contributed by atoms with Gasteiger partial charge >= 0.3 is 0 Å². The summed E-state index contributed by atoms with van der Waals surface area (Å²) in [5, 5.41) is 1.10. The third-order valence-electron chi connectivity index (χ3n) is 6.32. The molecule has 0 bridgehead atoms. The fourth-order valence-electron chi connectivity index (χ4n) is 4.38. The first-order chi connectivity index (χ1) is 13.5. The summed E-state index contributed by atoms with van der Waals surface area (Å²) in [6, 6.07) is 8.65. The maximum atomic E-state index is 15.0. The first kappa shape index (κ1) is 21.0. The molecule has 0 aliphatic heterocycles. The largest absolute Gasteiger partial charge is 0.208 e. The van der Waals surface area contributed by atoms with Crippen molar-refractivity contribution < 1.29 is 13.2 Å². The van der Waals surface area contributed by atoms with E-state index in [4.69, 9.17) is 0 Å². The van der Waals surface area contributed by atoms with E-state index in [1.54, 1.807) is 12.1 Å². The molecule has 2 aromatic carbocycles. The lowest BCUT2D eigenvalue weighted by Gasteiger charge is -2.27. The van der Waals surface area contributed by atoms with Gasteiger partial charge in [-0.15, -0.1) is 0 Å². The Hall–Kier alpha value is -1.77. The molecule has 1 saturated carbocycles. The summed E-state index contributed by atoms with van der Waals surface area (Å²) >= 11 is 0. The van der Waals surface area contributed by atoms with Crippen LogP contribution in [0.15, 0.2) is 36.2 Å². The zero-order chi connectivity index (χ0) is 20.1. The quantitative estimate of drug-likeness (QED) is 0.417. The van der Waals surface area contributed by atoms with Crippen LogP contribution in [-0.4, -0.2) is 0 Å². The maximum Gasteiger partial charge on any atom is 0.165 e. The van der Waals surface area contributed by atoms with Crippen LogP contribution in [0.4, 0.5) is 13.2 Å². The van der Waals surface area contributed by atoms with E-state index in [0.717, 1.165) is 49.5 Å². The molecule has 3 rings (SSSR count). The van der Waals surface area contributed by atoms with E-state index in [1.807, 2.05) is 12.1 Å². The highest BCUT2D eigenvalue weighted by Crippen LogP contribution is 2.39. The van der Waals surface area contributed by atoms with Gasteiger partial charge in [0.25, 0.3) is 0 Å². The van der Waals surface area contributed by atoms with Gasteiger partial charge in [0.15, 0.2) is 5.83 Å². The fourth-order valence-corrected chi connectivity index (χ4v) is 4.38. The molecule has 0 atom stereocenters. The molecule has 1 aliphatic rings. The second-order valence-electron chi connectivity index (χ2n) is 8.23. The topological polar surface area (TPSA) is 0 Å². The first-order valence-corrected chi connectivity index (χ1v) is 10.8.